The zero-order valence-electron chi connectivity index (χ0n) is 42.7. The van der Waals surface area contributed by atoms with E-state index in [0.29, 0.717) is 12.8 Å². The first-order valence-corrected chi connectivity index (χ1v) is 26.9. The Balaban J connectivity index is 4.25. The third-order valence-electron chi connectivity index (χ3n) is 11.0. The molecule has 0 bridgehead atoms. The smallest absolute Gasteiger partial charge is 0.306 e. The SMILES string of the molecule is CC/C=C\C/C=C\C/C=C\C/C=C\C/C=C\CCCCCC(=O)OC(COC(=O)CCCCCCCC)COC(=O)CCCCCCCCCCCC/C=C\C/C=C\C/C=C\C/C=C\CC. The van der Waals surface area contributed by atoms with Gasteiger partial charge in [0.1, 0.15) is 13.2 Å². The third kappa shape index (κ3) is 51.1. The second-order valence-electron chi connectivity index (χ2n) is 17.4. The second-order valence-corrected chi connectivity index (χ2v) is 17.4. The van der Waals surface area contributed by atoms with E-state index in [9.17, 15) is 14.4 Å². The number of rotatable bonds is 47. The van der Waals surface area contributed by atoms with E-state index < -0.39 is 6.10 Å². The lowest BCUT2D eigenvalue weighted by Gasteiger charge is -2.18. The number of carbonyl (C=O) groups excluding carboxylic acids is 3. The van der Waals surface area contributed by atoms with Gasteiger partial charge in [0.2, 0.25) is 0 Å². The van der Waals surface area contributed by atoms with Crippen LogP contribution in [0.2, 0.25) is 0 Å². The molecule has 374 valence electrons. The predicted octanol–water partition coefficient (Wildman–Crippen LogP) is 17.9. The summed E-state index contributed by atoms with van der Waals surface area (Å²) in [4.78, 5) is 37.8. The fourth-order valence-electron chi connectivity index (χ4n) is 7.05. The van der Waals surface area contributed by atoms with Crippen LogP contribution in [0.3, 0.4) is 0 Å². The minimum absolute atomic E-state index is 0.0942. The molecule has 0 spiro atoms. The number of ether oxygens (including phenoxy) is 3. The Kier molecular flexibility index (Phi) is 50.5. The highest BCUT2D eigenvalue weighted by atomic mass is 16.6. The topological polar surface area (TPSA) is 78.9 Å². The Bertz CT molecular complexity index is 1370. The van der Waals surface area contributed by atoms with Crippen LogP contribution in [-0.4, -0.2) is 37.2 Å². The number of esters is 3. The van der Waals surface area contributed by atoms with Gasteiger partial charge in [-0.3, -0.25) is 14.4 Å². The molecule has 0 heterocycles. The molecule has 0 aromatic heterocycles. The van der Waals surface area contributed by atoms with Crippen molar-refractivity contribution >= 4 is 17.9 Å². The first-order chi connectivity index (χ1) is 32.5. The second kappa shape index (κ2) is 53.7. The summed E-state index contributed by atoms with van der Waals surface area (Å²) >= 11 is 0. The summed E-state index contributed by atoms with van der Waals surface area (Å²) in [6, 6.07) is 0. The lowest BCUT2D eigenvalue weighted by molar-refractivity contribution is -0.167. The zero-order valence-corrected chi connectivity index (χ0v) is 42.7. The fraction of sp³-hybridized carbons (Fsp3) is 0.650. The predicted molar refractivity (Wildman–Crippen MR) is 283 cm³/mol. The van der Waals surface area contributed by atoms with Crippen LogP contribution in [0.15, 0.2) is 109 Å². The van der Waals surface area contributed by atoms with Crippen molar-refractivity contribution in [2.45, 2.75) is 239 Å². The van der Waals surface area contributed by atoms with Crippen LogP contribution in [0, 0.1) is 0 Å². The van der Waals surface area contributed by atoms with Crippen molar-refractivity contribution in [1.29, 1.82) is 0 Å². The van der Waals surface area contributed by atoms with Crippen molar-refractivity contribution in [2.24, 2.45) is 0 Å². The average Bonchev–Trinajstić information content (AvgIpc) is 3.31. The summed E-state index contributed by atoms with van der Waals surface area (Å²) in [6.07, 6.45) is 72.5. The molecule has 0 aromatic rings. The van der Waals surface area contributed by atoms with Crippen LogP contribution < -0.4 is 0 Å². The Morgan fingerprint density at radius 1 is 0.318 bits per heavy atom. The van der Waals surface area contributed by atoms with Crippen molar-refractivity contribution in [2.75, 3.05) is 13.2 Å². The molecule has 0 rings (SSSR count). The summed E-state index contributed by atoms with van der Waals surface area (Å²) in [6.45, 7) is 6.31. The summed E-state index contributed by atoms with van der Waals surface area (Å²) in [7, 11) is 0. The molecule has 66 heavy (non-hydrogen) atoms. The quantitative estimate of drug-likeness (QED) is 0.0262. The van der Waals surface area contributed by atoms with E-state index in [-0.39, 0.29) is 37.5 Å². The molecule has 0 amide bonds. The summed E-state index contributed by atoms with van der Waals surface area (Å²) in [5, 5.41) is 0. The molecule has 6 heteroatoms. The van der Waals surface area contributed by atoms with Crippen LogP contribution >= 0.6 is 0 Å². The zero-order chi connectivity index (χ0) is 47.9. The molecule has 1 atom stereocenters. The van der Waals surface area contributed by atoms with Crippen LogP contribution in [0.4, 0.5) is 0 Å². The Morgan fingerprint density at radius 3 is 0.939 bits per heavy atom. The van der Waals surface area contributed by atoms with Crippen LogP contribution in [0.25, 0.3) is 0 Å². The van der Waals surface area contributed by atoms with Crippen molar-refractivity contribution in [3.8, 4) is 0 Å². The molecule has 0 radical (unpaired) electrons. The van der Waals surface area contributed by atoms with Gasteiger partial charge in [0.25, 0.3) is 0 Å². The number of unbranched alkanes of at least 4 members (excludes halogenated alkanes) is 18. The van der Waals surface area contributed by atoms with Gasteiger partial charge < -0.3 is 14.2 Å². The Hall–Kier alpha value is -3.93. The highest BCUT2D eigenvalue weighted by Crippen LogP contribution is 2.14. The minimum atomic E-state index is -0.795. The summed E-state index contributed by atoms with van der Waals surface area (Å²) in [5.74, 6) is -0.944. The van der Waals surface area contributed by atoms with E-state index in [1.54, 1.807) is 0 Å². The van der Waals surface area contributed by atoms with Crippen molar-refractivity contribution in [3.05, 3.63) is 109 Å². The maximum atomic E-state index is 12.8. The molecule has 0 fully saturated rings. The molecule has 0 saturated heterocycles. The first kappa shape index (κ1) is 62.1. The van der Waals surface area contributed by atoms with Gasteiger partial charge in [-0.15, -0.1) is 0 Å². The van der Waals surface area contributed by atoms with Gasteiger partial charge in [-0.1, -0.05) is 220 Å². The minimum Gasteiger partial charge on any atom is -0.462 e. The molecule has 0 N–H and O–H groups in total. The normalized spacial score (nSPS) is 13.0. The van der Waals surface area contributed by atoms with E-state index in [0.717, 1.165) is 122 Å². The van der Waals surface area contributed by atoms with E-state index >= 15 is 0 Å². The van der Waals surface area contributed by atoms with Gasteiger partial charge >= 0.3 is 17.9 Å². The molecule has 1 unspecified atom stereocenters. The molecular formula is C60H98O6. The molecule has 0 aromatic carbocycles. The molecule has 0 aliphatic heterocycles. The average molecular weight is 915 g/mol. The van der Waals surface area contributed by atoms with E-state index in [4.69, 9.17) is 14.2 Å². The fourth-order valence-corrected chi connectivity index (χ4v) is 7.05. The molecule has 0 saturated carbocycles. The van der Waals surface area contributed by atoms with Crippen molar-refractivity contribution in [1.82, 2.24) is 0 Å². The third-order valence-corrected chi connectivity index (χ3v) is 11.0. The molecule has 0 aliphatic carbocycles. The standard InChI is InChI=1S/C60H98O6/c1-4-7-10-13-16-18-20-22-24-26-28-29-30-31-33-34-36-38-40-42-44-47-50-53-59(62)65-56-57(55-64-58(61)52-49-46-15-12-9-6-3)66-60(63)54-51-48-45-43-41-39-37-35-32-27-25-23-21-19-17-14-11-8-5-2/h7-8,10-11,16-19,22-25,28-29,32,35,39,41,57H,4-6,9,12-15,20-21,26-27,30-31,33-34,36-38,40,42-56H2,1-3H3/b10-7-,11-8-,18-16-,19-17-,24-22-,25-23-,29-28-,35-32-,41-39-. The number of hydrogen-bond donors (Lipinski definition) is 0. The van der Waals surface area contributed by atoms with Crippen molar-refractivity contribution < 1.29 is 28.6 Å². The Labute approximate surface area is 406 Å². The van der Waals surface area contributed by atoms with E-state index in [2.05, 4.69) is 130 Å². The lowest BCUT2D eigenvalue weighted by atomic mass is 10.1. The molecular weight excluding hydrogens is 817 g/mol. The highest BCUT2D eigenvalue weighted by Gasteiger charge is 2.19. The van der Waals surface area contributed by atoms with E-state index in [1.165, 1.54) is 70.6 Å². The Morgan fingerprint density at radius 2 is 0.591 bits per heavy atom. The molecule has 0 aliphatic rings. The van der Waals surface area contributed by atoms with Gasteiger partial charge in [-0.25, -0.2) is 0 Å². The lowest BCUT2D eigenvalue weighted by Crippen LogP contribution is -2.30. The van der Waals surface area contributed by atoms with Crippen molar-refractivity contribution in [3.63, 3.8) is 0 Å². The van der Waals surface area contributed by atoms with Crippen LogP contribution in [0.5, 0.6) is 0 Å². The maximum absolute atomic E-state index is 12.8. The summed E-state index contributed by atoms with van der Waals surface area (Å²) < 4.78 is 16.7. The van der Waals surface area contributed by atoms with Gasteiger partial charge in [-0.2, -0.15) is 0 Å². The van der Waals surface area contributed by atoms with Gasteiger partial charge in [0.15, 0.2) is 6.10 Å². The highest BCUT2D eigenvalue weighted by molar-refractivity contribution is 5.71. The van der Waals surface area contributed by atoms with Gasteiger partial charge in [0.05, 0.1) is 0 Å². The van der Waals surface area contributed by atoms with Crippen LogP contribution in [0.1, 0.15) is 233 Å². The van der Waals surface area contributed by atoms with Crippen LogP contribution in [-0.2, 0) is 28.6 Å². The molecule has 6 nitrogen and oxygen atoms in total. The number of hydrogen-bond acceptors (Lipinski definition) is 6. The van der Waals surface area contributed by atoms with Gasteiger partial charge in [-0.05, 0) is 103 Å². The monoisotopic (exact) mass is 915 g/mol. The summed E-state index contributed by atoms with van der Waals surface area (Å²) in [5.41, 5.74) is 0. The maximum Gasteiger partial charge on any atom is 0.306 e. The first-order valence-electron chi connectivity index (χ1n) is 26.9. The van der Waals surface area contributed by atoms with E-state index in [1.807, 2.05) is 0 Å². The number of carbonyl (C=O) groups is 3. The number of allylic oxidation sites excluding steroid dienone is 18. The largest absolute Gasteiger partial charge is 0.462 e. The van der Waals surface area contributed by atoms with Gasteiger partial charge in [0, 0.05) is 19.3 Å².